The minimum atomic E-state index is 0.389. The Labute approximate surface area is 125 Å². The number of hydrogen-bond donors (Lipinski definition) is 1. The number of hydrogen-bond acceptors (Lipinski definition) is 5. The molecule has 2 unspecified atom stereocenters. The zero-order valence-corrected chi connectivity index (χ0v) is 12.4. The van der Waals surface area contributed by atoms with Crippen molar-refractivity contribution in [3.8, 4) is 5.75 Å². The van der Waals surface area contributed by atoms with E-state index in [2.05, 4.69) is 29.7 Å². The monoisotopic (exact) mass is 295 g/mol. The molecule has 0 saturated carbocycles. The molecule has 2 heterocycles. The minimum absolute atomic E-state index is 0.389. The van der Waals surface area contributed by atoms with Gasteiger partial charge >= 0.3 is 0 Å². The number of anilines is 1. The number of epoxide rings is 2. The zero-order chi connectivity index (χ0) is 13.8. The first kappa shape index (κ1) is 14.0. The average molecular weight is 295 g/mol. The molecule has 5 heteroatoms. The molecule has 2 atom stereocenters. The van der Waals surface area contributed by atoms with Crippen molar-refractivity contribution in [1.29, 1.82) is 0 Å². The van der Waals surface area contributed by atoms with Crippen LogP contribution in [0.4, 0.5) is 5.69 Å². The van der Waals surface area contributed by atoms with E-state index < -0.39 is 0 Å². The quantitative estimate of drug-likeness (QED) is 0.429. The lowest BCUT2D eigenvalue weighted by Gasteiger charge is -2.23. The van der Waals surface area contributed by atoms with Crippen LogP contribution < -0.4 is 9.64 Å². The molecular weight excluding hydrogens is 274 g/mol. The molecule has 0 aromatic heterocycles. The third-order valence-corrected chi connectivity index (χ3v) is 3.74. The molecule has 2 aliphatic rings. The van der Waals surface area contributed by atoms with Crippen LogP contribution in [0.5, 0.6) is 5.75 Å². The van der Waals surface area contributed by atoms with E-state index in [1.807, 2.05) is 12.1 Å². The van der Waals surface area contributed by atoms with Crippen LogP contribution >= 0.6 is 12.6 Å². The molecule has 2 fully saturated rings. The van der Waals surface area contributed by atoms with Gasteiger partial charge in [0.2, 0.25) is 0 Å². The fourth-order valence-corrected chi connectivity index (χ4v) is 2.26. The van der Waals surface area contributed by atoms with Gasteiger partial charge in [0.1, 0.15) is 5.75 Å². The summed E-state index contributed by atoms with van der Waals surface area (Å²) < 4.78 is 16.3. The Kier molecular flexibility index (Phi) is 4.70. The summed E-state index contributed by atoms with van der Waals surface area (Å²) >= 11 is 4.18. The SMILES string of the molecule is SCCCOc1ccc(N(CC2CO2)CC2CO2)cc1. The Morgan fingerprint density at radius 3 is 2.20 bits per heavy atom. The fraction of sp³-hybridized carbons (Fsp3) is 0.600. The molecule has 4 nitrogen and oxygen atoms in total. The highest BCUT2D eigenvalue weighted by molar-refractivity contribution is 7.80. The van der Waals surface area contributed by atoms with Crippen LogP contribution in [-0.4, -0.2) is 50.9 Å². The molecule has 0 amide bonds. The van der Waals surface area contributed by atoms with Gasteiger partial charge in [-0.1, -0.05) is 0 Å². The Bertz CT molecular complexity index is 404. The van der Waals surface area contributed by atoms with Gasteiger partial charge in [0, 0.05) is 18.8 Å². The van der Waals surface area contributed by atoms with Crippen LogP contribution in [0.25, 0.3) is 0 Å². The first-order chi connectivity index (χ1) is 9.85. The lowest BCUT2D eigenvalue weighted by Crippen LogP contribution is -2.31. The van der Waals surface area contributed by atoms with Gasteiger partial charge in [0.25, 0.3) is 0 Å². The van der Waals surface area contributed by atoms with E-state index in [0.29, 0.717) is 12.2 Å². The summed E-state index contributed by atoms with van der Waals surface area (Å²) in [6.07, 6.45) is 1.75. The topological polar surface area (TPSA) is 37.5 Å². The Morgan fingerprint density at radius 2 is 1.70 bits per heavy atom. The Morgan fingerprint density at radius 1 is 1.10 bits per heavy atom. The van der Waals surface area contributed by atoms with Crippen molar-refractivity contribution in [2.75, 3.05) is 43.6 Å². The first-order valence-electron chi connectivity index (χ1n) is 7.17. The molecule has 2 saturated heterocycles. The molecule has 0 bridgehead atoms. The Hall–Kier alpha value is -0.910. The van der Waals surface area contributed by atoms with Gasteiger partial charge in [-0.2, -0.15) is 12.6 Å². The predicted molar refractivity (Wildman–Crippen MR) is 82.1 cm³/mol. The van der Waals surface area contributed by atoms with Gasteiger partial charge in [-0.25, -0.2) is 0 Å². The van der Waals surface area contributed by atoms with Crippen molar-refractivity contribution >= 4 is 18.3 Å². The van der Waals surface area contributed by atoms with Gasteiger partial charge in [0.05, 0.1) is 32.0 Å². The van der Waals surface area contributed by atoms with Gasteiger partial charge in [-0.05, 0) is 36.4 Å². The van der Waals surface area contributed by atoms with Crippen LogP contribution in [-0.2, 0) is 9.47 Å². The third kappa shape index (κ3) is 4.30. The van der Waals surface area contributed by atoms with Crippen LogP contribution in [0.2, 0.25) is 0 Å². The Balaban J connectivity index is 1.57. The molecule has 110 valence electrons. The van der Waals surface area contributed by atoms with Crippen molar-refractivity contribution in [2.45, 2.75) is 18.6 Å². The van der Waals surface area contributed by atoms with Crippen molar-refractivity contribution in [1.82, 2.24) is 0 Å². The van der Waals surface area contributed by atoms with Crippen molar-refractivity contribution in [2.24, 2.45) is 0 Å². The van der Waals surface area contributed by atoms with Gasteiger partial charge in [-0.15, -0.1) is 0 Å². The summed E-state index contributed by atoms with van der Waals surface area (Å²) in [4.78, 5) is 2.34. The molecule has 0 aliphatic carbocycles. The van der Waals surface area contributed by atoms with Crippen molar-refractivity contribution < 1.29 is 14.2 Å². The summed E-state index contributed by atoms with van der Waals surface area (Å²) in [5, 5.41) is 0. The summed E-state index contributed by atoms with van der Waals surface area (Å²) in [7, 11) is 0. The van der Waals surface area contributed by atoms with Gasteiger partial charge in [0.15, 0.2) is 0 Å². The lowest BCUT2D eigenvalue weighted by atomic mass is 10.2. The zero-order valence-electron chi connectivity index (χ0n) is 11.5. The van der Waals surface area contributed by atoms with E-state index in [9.17, 15) is 0 Å². The summed E-state index contributed by atoms with van der Waals surface area (Å²) in [5.41, 5.74) is 1.21. The van der Waals surface area contributed by atoms with E-state index in [1.54, 1.807) is 0 Å². The number of rotatable bonds is 9. The van der Waals surface area contributed by atoms with E-state index in [-0.39, 0.29) is 0 Å². The number of thiol groups is 1. The molecule has 20 heavy (non-hydrogen) atoms. The molecule has 1 aromatic rings. The van der Waals surface area contributed by atoms with E-state index >= 15 is 0 Å². The van der Waals surface area contributed by atoms with Crippen molar-refractivity contribution in [3.05, 3.63) is 24.3 Å². The lowest BCUT2D eigenvalue weighted by molar-refractivity contribution is 0.319. The van der Waals surface area contributed by atoms with Crippen molar-refractivity contribution in [3.63, 3.8) is 0 Å². The smallest absolute Gasteiger partial charge is 0.119 e. The predicted octanol–water partition coefficient (Wildman–Crippen LogP) is 1.99. The van der Waals surface area contributed by atoms with Gasteiger partial charge < -0.3 is 19.1 Å². The molecule has 1 aromatic carbocycles. The summed E-state index contributed by atoms with van der Waals surface area (Å²) in [6, 6.07) is 8.28. The van der Waals surface area contributed by atoms with Crippen LogP contribution in [0, 0.1) is 0 Å². The second-order valence-electron chi connectivity index (χ2n) is 5.24. The van der Waals surface area contributed by atoms with Crippen LogP contribution in [0.3, 0.4) is 0 Å². The molecule has 0 N–H and O–H groups in total. The summed E-state index contributed by atoms with van der Waals surface area (Å²) in [5.74, 6) is 1.77. The highest BCUT2D eigenvalue weighted by atomic mass is 32.1. The number of benzene rings is 1. The van der Waals surface area contributed by atoms with Crippen LogP contribution in [0.15, 0.2) is 24.3 Å². The molecule has 0 radical (unpaired) electrons. The maximum Gasteiger partial charge on any atom is 0.119 e. The highest BCUT2D eigenvalue weighted by Crippen LogP contribution is 2.24. The third-order valence-electron chi connectivity index (χ3n) is 3.43. The van der Waals surface area contributed by atoms with Crippen LogP contribution in [0.1, 0.15) is 6.42 Å². The van der Waals surface area contributed by atoms with E-state index in [0.717, 1.165) is 50.8 Å². The molecule has 3 rings (SSSR count). The fourth-order valence-electron chi connectivity index (χ4n) is 2.13. The maximum atomic E-state index is 5.65. The van der Waals surface area contributed by atoms with E-state index in [1.165, 1.54) is 5.69 Å². The van der Waals surface area contributed by atoms with E-state index in [4.69, 9.17) is 14.2 Å². The standard InChI is InChI=1S/C15H21NO3S/c20-7-1-6-17-13-4-2-12(3-5-13)16(8-14-10-18-14)9-15-11-19-15/h2-5,14-15,20H,1,6-11H2. The molecule has 0 spiro atoms. The van der Waals surface area contributed by atoms with Gasteiger partial charge in [-0.3, -0.25) is 0 Å². The normalized spacial score (nSPS) is 23.4. The second kappa shape index (κ2) is 6.70. The number of nitrogens with zero attached hydrogens (tertiary/aromatic N) is 1. The molecule has 2 aliphatic heterocycles. The number of ether oxygens (including phenoxy) is 3. The highest BCUT2D eigenvalue weighted by Gasteiger charge is 2.30. The summed E-state index contributed by atoms with van der Waals surface area (Å²) in [6.45, 7) is 4.37. The average Bonchev–Trinajstić information content (AvgIpc) is 3.35. The maximum absolute atomic E-state index is 5.65. The first-order valence-corrected chi connectivity index (χ1v) is 7.80. The second-order valence-corrected chi connectivity index (χ2v) is 5.68. The largest absolute Gasteiger partial charge is 0.494 e. The molecular formula is C15H21NO3S. The minimum Gasteiger partial charge on any atom is -0.494 e.